The van der Waals surface area contributed by atoms with E-state index in [0.29, 0.717) is 26.4 Å². The zero-order valence-corrected chi connectivity index (χ0v) is 8.76. The van der Waals surface area contributed by atoms with Gasteiger partial charge in [-0.25, -0.2) is 0 Å². The van der Waals surface area contributed by atoms with Crippen LogP contribution in [0, 0.1) is 0 Å². The minimum absolute atomic E-state index is 0.555. The van der Waals surface area contributed by atoms with E-state index in [1.165, 1.54) is 0 Å². The lowest BCUT2D eigenvalue weighted by atomic mass is 10.2. The van der Waals surface area contributed by atoms with Crippen LogP contribution in [0.1, 0.15) is 5.56 Å². The van der Waals surface area contributed by atoms with Gasteiger partial charge in [-0.05, 0) is 11.6 Å². The molecule has 0 saturated carbocycles. The Morgan fingerprint density at radius 2 is 1.87 bits per heavy atom. The minimum Gasteiger partial charge on any atom is -0.499 e. The normalized spacial score (nSPS) is 10.7. The van der Waals surface area contributed by atoms with Gasteiger partial charge in [0.25, 0.3) is 0 Å². The molecule has 0 saturated heterocycles. The fourth-order valence-corrected chi connectivity index (χ4v) is 1.05. The molecule has 0 aliphatic rings. The number of benzene rings is 1. The second kappa shape index (κ2) is 8.03. The van der Waals surface area contributed by atoms with E-state index < -0.39 is 0 Å². The Bertz CT molecular complexity index is 272. The molecule has 2 N–H and O–H groups in total. The van der Waals surface area contributed by atoms with Gasteiger partial charge in [0.15, 0.2) is 0 Å². The number of rotatable bonds is 7. The van der Waals surface area contributed by atoms with Crippen LogP contribution in [-0.4, -0.2) is 26.4 Å². The fraction of sp³-hybridized carbons (Fsp3) is 0.333. The standard InChI is InChI=1S/C12H17NO2/c13-7-9-15-11-10-14-8-6-12-4-2-1-3-5-12/h1-6,8H,7,9-11,13H2. The number of hydrogen-bond acceptors (Lipinski definition) is 3. The first-order valence-electron chi connectivity index (χ1n) is 5.04. The zero-order chi connectivity index (χ0) is 10.8. The van der Waals surface area contributed by atoms with E-state index in [1.807, 2.05) is 36.4 Å². The molecule has 1 aromatic carbocycles. The predicted octanol–water partition coefficient (Wildman–Crippen LogP) is 1.65. The summed E-state index contributed by atoms with van der Waals surface area (Å²) in [6.45, 7) is 2.28. The molecule has 3 heteroatoms. The largest absolute Gasteiger partial charge is 0.499 e. The summed E-state index contributed by atoms with van der Waals surface area (Å²) in [6, 6.07) is 10.0. The van der Waals surface area contributed by atoms with Gasteiger partial charge < -0.3 is 15.2 Å². The van der Waals surface area contributed by atoms with Crippen LogP contribution in [0.15, 0.2) is 36.6 Å². The van der Waals surface area contributed by atoms with Crippen molar-refractivity contribution >= 4 is 6.08 Å². The van der Waals surface area contributed by atoms with Crippen LogP contribution in [0.25, 0.3) is 6.08 Å². The lowest BCUT2D eigenvalue weighted by molar-refractivity contribution is 0.0902. The molecule has 1 aromatic rings. The van der Waals surface area contributed by atoms with Crippen molar-refractivity contribution in [3.8, 4) is 0 Å². The second-order valence-electron chi connectivity index (χ2n) is 2.99. The Labute approximate surface area is 90.5 Å². The average Bonchev–Trinajstić information content (AvgIpc) is 2.29. The summed E-state index contributed by atoms with van der Waals surface area (Å²) in [5.74, 6) is 0. The molecule has 0 radical (unpaired) electrons. The van der Waals surface area contributed by atoms with Crippen molar-refractivity contribution in [3.05, 3.63) is 42.2 Å². The molecule has 0 fully saturated rings. The molecule has 0 bridgehead atoms. The van der Waals surface area contributed by atoms with E-state index in [-0.39, 0.29) is 0 Å². The van der Waals surface area contributed by atoms with Gasteiger partial charge in [0.1, 0.15) is 6.61 Å². The van der Waals surface area contributed by atoms with Crippen molar-refractivity contribution in [3.63, 3.8) is 0 Å². The quantitative estimate of drug-likeness (QED) is 0.546. The summed E-state index contributed by atoms with van der Waals surface area (Å²) >= 11 is 0. The molecular formula is C12H17NO2. The van der Waals surface area contributed by atoms with Crippen LogP contribution in [0.4, 0.5) is 0 Å². The van der Waals surface area contributed by atoms with Crippen molar-refractivity contribution in [1.82, 2.24) is 0 Å². The molecule has 0 aliphatic heterocycles. The van der Waals surface area contributed by atoms with Gasteiger partial charge >= 0.3 is 0 Å². The summed E-state index contributed by atoms with van der Waals surface area (Å²) in [7, 11) is 0. The Hall–Kier alpha value is -1.32. The Kier molecular flexibility index (Phi) is 6.29. The number of nitrogens with two attached hydrogens (primary N) is 1. The maximum atomic E-state index is 5.27. The van der Waals surface area contributed by atoms with Gasteiger partial charge in [-0.2, -0.15) is 0 Å². The van der Waals surface area contributed by atoms with Gasteiger partial charge in [0.05, 0.1) is 19.5 Å². The third kappa shape index (κ3) is 5.88. The topological polar surface area (TPSA) is 44.5 Å². The average molecular weight is 207 g/mol. The van der Waals surface area contributed by atoms with Crippen LogP contribution < -0.4 is 5.73 Å². The SMILES string of the molecule is NCCOCCOC=Cc1ccccc1. The van der Waals surface area contributed by atoms with Gasteiger partial charge in [-0.1, -0.05) is 30.3 Å². The molecule has 0 heterocycles. The molecule has 0 amide bonds. The molecule has 0 spiro atoms. The monoisotopic (exact) mass is 207 g/mol. The van der Waals surface area contributed by atoms with Crippen molar-refractivity contribution < 1.29 is 9.47 Å². The van der Waals surface area contributed by atoms with Crippen LogP contribution in [0.2, 0.25) is 0 Å². The Morgan fingerprint density at radius 1 is 1.07 bits per heavy atom. The molecular weight excluding hydrogens is 190 g/mol. The maximum absolute atomic E-state index is 5.27. The van der Waals surface area contributed by atoms with Gasteiger partial charge in [0.2, 0.25) is 0 Å². The van der Waals surface area contributed by atoms with Gasteiger partial charge in [-0.15, -0.1) is 0 Å². The lowest BCUT2D eigenvalue weighted by Crippen LogP contribution is -2.11. The number of ether oxygens (including phenoxy) is 2. The first kappa shape index (κ1) is 11.8. The third-order valence-electron chi connectivity index (χ3n) is 1.76. The van der Waals surface area contributed by atoms with Crippen LogP contribution in [0.5, 0.6) is 0 Å². The molecule has 15 heavy (non-hydrogen) atoms. The molecule has 0 atom stereocenters. The van der Waals surface area contributed by atoms with E-state index in [9.17, 15) is 0 Å². The third-order valence-corrected chi connectivity index (χ3v) is 1.76. The van der Waals surface area contributed by atoms with Gasteiger partial charge in [-0.3, -0.25) is 0 Å². The summed E-state index contributed by atoms with van der Waals surface area (Å²) in [5, 5.41) is 0. The molecule has 3 nitrogen and oxygen atoms in total. The lowest BCUT2D eigenvalue weighted by Gasteiger charge is -2.01. The van der Waals surface area contributed by atoms with Crippen molar-refractivity contribution in [2.75, 3.05) is 26.4 Å². The highest BCUT2D eigenvalue weighted by Crippen LogP contribution is 2.00. The molecule has 82 valence electrons. The number of hydrogen-bond donors (Lipinski definition) is 1. The highest BCUT2D eigenvalue weighted by molar-refractivity contribution is 5.47. The van der Waals surface area contributed by atoms with E-state index in [0.717, 1.165) is 5.56 Å². The van der Waals surface area contributed by atoms with Crippen molar-refractivity contribution in [2.24, 2.45) is 5.73 Å². The highest BCUT2D eigenvalue weighted by Gasteiger charge is 1.85. The predicted molar refractivity (Wildman–Crippen MR) is 61.3 cm³/mol. The van der Waals surface area contributed by atoms with E-state index in [1.54, 1.807) is 6.26 Å². The van der Waals surface area contributed by atoms with Crippen LogP contribution in [-0.2, 0) is 9.47 Å². The van der Waals surface area contributed by atoms with E-state index in [2.05, 4.69) is 0 Å². The first-order chi connectivity index (χ1) is 7.43. The first-order valence-corrected chi connectivity index (χ1v) is 5.04. The molecule has 0 aliphatic carbocycles. The summed E-state index contributed by atoms with van der Waals surface area (Å²) < 4.78 is 10.4. The molecule has 0 unspecified atom stereocenters. The van der Waals surface area contributed by atoms with Crippen LogP contribution in [0.3, 0.4) is 0 Å². The smallest absolute Gasteiger partial charge is 0.111 e. The van der Waals surface area contributed by atoms with E-state index >= 15 is 0 Å². The van der Waals surface area contributed by atoms with Crippen molar-refractivity contribution in [1.29, 1.82) is 0 Å². The highest BCUT2D eigenvalue weighted by atomic mass is 16.5. The second-order valence-corrected chi connectivity index (χ2v) is 2.99. The zero-order valence-electron chi connectivity index (χ0n) is 8.76. The molecule has 0 aromatic heterocycles. The van der Waals surface area contributed by atoms with Crippen LogP contribution >= 0.6 is 0 Å². The maximum Gasteiger partial charge on any atom is 0.111 e. The Balaban J connectivity index is 2.07. The van der Waals surface area contributed by atoms with Crippen molar-refractivity contribution in [2.45, 2.75) is 0 Å². The molecule has 1 rings (SSSR count). The summed E-state index contributed by atoms with van der Waals surface area (Å²) in [6.07, 6.45) is 3.60. The summed E-state index contributed by atoms with van der Waals surface area (Å²) in [5.41, 5.74) is 6.39. The van der Waals surface area contributed by atoms with Gasteiger partial charge in [0, 0.05) is 6.54 Å². The minimum atomic E-state index is 0.555. The Morgan fingerprint density at radius 3 is 2.60 bits per heavy atom. The fourth-order valence-electron chi connectivity index (χ4n) is 1.05. The van der Waals surface area contributed by atoms with E-state index in [4.69, 9.17) is 15.2 Å². The summed E-state index contributed by atoms with van der Waals surface area (Å²) in [4.78, 5) is 0.